The summed E-state index contributed by atoms with van der Waals surface area (Å²) in [6.07, 6.45) is 14.8. The molecule has 0 bridgehead atoms. The molecule has 1 unspecified atom stereocenters. The Morgan fingerprint density at radius 1 is 1.11 bits per heavy atom. The van der Waals surface area contributed by atoms with Gasteiger partial charge in [-0.3, -0.25) is 0 Å². The fourth-order valence-corrected chi connectivity index (χ4v) is 2.43. The molecule has 106 valence electrons. The van der Waals surface area contributed by atoms with Crippen molar-refractivity contribution in [2.75, 3.05) is 0 Å². The van der Waals surface area contributed by atoms with Crippen molar-refractivity contribution in [3.05, 3.63) is 12.2 Å². The Hall–Kier alpha value is -0.770. The van der Waals surface area contributed by atoms with Crippen molar-refractivity contribution in [3.63, 3.8) is 0 Å². The molecule has 0 aromatic carbocycles. The average molecular weight is 251 g/mol. The van der Waals surface area contributed by atoms with E-state index in [2.05, 4.69) is 32.1 Å². The topological polar surface area (TPSA) is 23.8 Å². The van der Waals surface area contributed by atoms with Crippen LogP contribution in [-0.2, 0) is 0 Å². The van der Waals surface area contributed by atoms with E-state index in [-0.39, 0.29) is 20.3 Å². The van der Waals surface area contributed by atoms with Crippen LogP contribution in [0.4, 0.5) is 0 Å². The first-order chi connectivity index (χ1) is 7.66. The second-order valence-electron chi connectivity index (χ2n) is 5.57. The monoisotopic (exact) mass is 251 g/mol. The molecule has 0 aromatic heterocycles. The summed E-state index contributed by atoms with van der Waals surface area (Å²) in [5.74, 6) is 0.855. The molecule has 0 aromatic rings. The lowest BCUT2D eigenvalue weighted by molar-refractivity contribution is 0.296. The number of allylic oxidation sites excluding steroid dienone is 2. The lowest BCUT2D eigenvalue weighted by atomic mass is 9.77. The average Bonchev–Trinajstić information content (AvgIpc) is 2.32. The summed E-state index contributed by atoms with van der Waals surface area (Å²) in [5.41, 5.74) is 0.0260. The van der Waals surface area contributed by atoms with E-state index in [0.717, 1.165) is 18.8 Å². The lowest BCUT2D eigenvalue weighted by Gasteiger charge is -2.25. The minimum absolute atomic E-state index is 0. The molecule has 0 N–H and O–H groups in total. The molecule has 2 aliphatic carbocycles. The highest BCUT2D eigenvalue weighted by Gasteiger charge is 2.25. The van der Waals surface area contributed by atoms with Crippen molar-refractivity contribution in [2.24, 2.45) is 11.3 Å². The highest BCUT2D eigenvalue weighted by atomic mass is 14.4. The Bertz CT molecular complexity index is 253. The summed E-state index contributed by atoms with van der Waals surface area (Å²) < 4.78 is 0. The Morgan fingerprint density at radius 2 is 1.72 bits per heavy atom. The van der Waals surface area contributed by atoms with E-state index < -0.39 is 0 Å². The Morgan fingerprint density at radius 3 is 2.00 bits per heavy atom. The maximum absolute atomic E-state index is 8.70. The van der Waals surface area contributed by atoms with Gasteiger partial charge in [-0.15, -0.1) is 0 Å². The number of nitrogens with zero attached hydrogens (tertiary/aromatic N) is 1. The summed E-state index contributed by atoms with van der Waals surface area (Å²) in [7, 11) is 0. The first-order valence-corrected chi connectivity index (χ1v) is 6.74. The molecule has 2 aliphatic rings. The smallest absolute Gasteiger partial charge is 0.0686 e. The van der Waals surface area contributed by atoms with Crippen LogP contribution in [0.25, 0.3) is 0 Å². The zero-order valence-corrected chi connectivity index (χ0v) is 10.8. The van der Waals surface area contributed by atoms with Crippen LogP contribution in [0.2, 0.25) is 0 Å². The van der Waals surface area contributed by atoms with Crippen molar-refractivity contribution >= 4 is 0 Å². The third kappa shape index (κ3) is 7.54. The molecular weight excluding hydrogens is 218 g/mol. The van der Waals surface area contributed by atoms with Gasteiger partial charge < -0.3 is 0 Å². The first-order valence-electron chi connectivity index (χ1n) is 6.74. The molecule has 0 heterocycles. The SMILES string of the molecule is C.C.CC1(C#N)CCCCC1.CC1C=CCCC1. The molecule has 0 spiro atoms. The molecule has 0 saturated heterocycles. The third-order valence-electron chi connectivity index (χ3n) is 3.72. The van der Waals surface area contributed by atoms with Crippen LogP contribution in [-0.4, -0.2) is 0 Å². The van der Waals surface area contributed by atoms with Crippen molar-refractivity contribution in [3.8, 4) is 6.07 Å². The van der Waals surface area contributed by atoms with E-state index in [9.17, 15) is 0 Å². The van der Waals surface area contributed by atoms with Crippen molar-refractivity contribution in [1.29, 1.82) is 5.26 Å². The number of hydrogen-bond acceptors (Lipinski definition) is 1. The van der Waals surface area contributed by atoms with Gasteiger partial charge in [-0.25, -0.2) is 0 Å². The van der Waals surface area contributed by atoms with Gasteiger partial charge in [-0.2, -0.15) is 5.26 Å². The predicted octanol–water partition coefficient (Wildman–Crippen LogP) is 6.12. The van der Waals surface area contributed by atoms with Gasteiger partial charge in [0.05, 0.1) is 11.5 Å². The molecule has 1 fully saturated rings. The maximum atomic E-state index is 8.70. The van der Waals surface area contributed by atoms with E-state index in [1.54, 1.807) is 0 Å². The van der Waals surface area contributed by atoms with Gasteiger partial charge in [0.25, 0.3) is 0 Å². The number of rotatable bonds is 0. The fraction of sp³-hybridized carbons (Fsp3) is 0.824. The summed E-state index contributed by atoms with van der Waals surface area (Å²) in [6, 6.07) is 2.38. The predicted molar refractivity (Wildman–Crippen MR) is 82.4 cm³/mol. The fourth-order valence-electron chi connectivity index (χ4n) is 2.43. The zero-order chi connectivity index (χ0) is 11.9. The van der Waals surface area contributed by atoms with Gasteiger partial charge in [0.2, 0.25) is 0 Å². The van der Waals surface area contributed by atoms with Gasteiger partial charge in [0.15, 0.2) is 0 Å². The summed E-state index contributed by atoms with van der Waals surface area (Å²) >= 11 is 0. The van der Waals surface area contributed by atoms with Crippen LogP contribution < -0.4 is 0 Å². The molecule has 1 atom stereocenters. The number of hydrogen-bond donors (Lipinski definition) is 0. The van der Waals surface area contributed by atoms with Gasteiger partial charge in [0.1, 0.15) is 0 Å². The molecule has 18 heavy (non-hydrogen) atoms. The highest BCUT2D eigenvalue weighted by Crippen LogP contribution is 2.34. The van der Waals surface area contributed by atoms with Crippen LogP contribution in [0.1, 0.15) is 80.1 Å². The molecule has 1 saturated carbocycles. The number of nitriles is 1. The van der Waals surface area contributed by atoms with Gasteiger partial charge in [-0.05, 0) is 44.9 Å². The third-order valence-corrected chi connectivity index (χ3v) is 3.72. The summed E-state index contributed by atoms with van der Waals surface area (Å²) in [4.78, 5) is 0. The Kier molecular flexibility index (Phi) is 11.1. The van der Waals surface area contributed by atoms with Crippen LogP contribution >= 0.6 is 0 Å². The van der Waals surface area contributed by atoms with E-state index in [4.69, 9.17) is 5.26 Å². The van der Waals surface area contributed by atoms with E-state index in [0.29, 0.717) is 0 Å². The molecule has 0 radical (unpaired) electrons. The van der Waals surface area contributed by atoms with Crippen LogP contribution in [0.3, 0.4) is 0 Å². The minimum Gasteiger partial charge on any atom is -0.198 e. The van der Waals surface area contributed by atoms with Crippen molar-refractivity contribution < 1.29 is 0 Å². The standard InChI is InChI=1S/C8H13N.C7H12.2CH4/c1-8(7-9)5-3-2-4-6-8;1-7-5-3-2-4-6-7;;/h2-6H2,1H3;3,5,7H,2,4,6H2,1H3;2*1H4. The zero-order valence-electron chi connectivity index (χ0n) is 10.8. The van der Waals surface area contributed by atoms with Crippen LogP contribution in [0, 0.1) is 22.7 Å². The molecule has 2 rings (SSSR count). The molecule has 1 nitrogen and oxygen atoms in total. The van der Waals surface area contributed by atoms with Gasteiger partial charge in [0, 0.05) is 0 Å². The molecule has 0 aliphatic heterocycles. The van der Waals surface area contributed by atoms with Crippen molar-refractivity contribution in [1.82, 2.24) is 0 Å². The van der Waals surface area contributed by atoms with E-state index in [1.807, 2.05) is 0 Å². The second kappa shape index (κ2) is 10.2. The summed E-state index contributed by atoms with van der Waals surface area (Å²) in [5, 5.41) is 8.70. The van der Waals surface area contributed by atoms with Crippen LogP contribution in [0.5, 0.6) is 0 Å². The quantitative estimate of drug-likeness (QED) is 0.476. The lowest BCUT2D eigenvalue weighted by Crippen LogP contribution is -2.16. The molecular formula is C17H33N. The summed E-state index contributed by atoms with van der Waals surface area (Å²) in [6.45, 7) is 4.35. The Balaban J connectivity index is 0. The maximum Gasteiger partial charge on any atom is 0.0686 e. The largest absolute Gasteiger partial charge is 0.198 e. The highest BCUT2D eigenvalue weighted by molar-refractivity contribution is 4.96. The Labute approximate surface area is 115 Å². The first kappa shape index (κ1) is 19.6. The van der Waals surface area contributed by atoms with E-state index >= 15 is 0 Å². The van der Waals surface area contributed by atoms with E-state index in [1.165, 1.54) is 38.5 Å². The van der Waals surface area contributed by atoms with Crippen LogP contribution in [0.15, 0.2) is 12.2 Å². The molecule has 0 amide bonds. The van der Waals surface area contributed by atoms with Gasteiger partial charge in [-0.1, -0.05) is 53.2 Å². The molecule has 1 heteroatoms. The van der Waals surface area contributed by atoms with Crippen molar-refractivity contribution in [2.45, 2.75) is 80.1 Å². The minimum atomic E-state index is 0. The van der Waals surface area contributed by atoms with Gasteiger partial charge >= 0.3 is 0 Å². The normalized spacial score (nSPS) is 24.4. The second-order valence-corrected chi connectivity index (χ2v) is 5.57.